The predicted octanol–water partition coefficient (Wildman–Crippen LogP) is -3.34. The van der Waals surface area contributed by atoms with Crippen LogP contribution in [0.5, 0.6) is 0 Å². The van der Waals surface area contributed by atoms with Crippen molar-refractivity contribution in [1.82, 2.24) is 0 Å². The van der Waals surface area contributed by atoms with Gasteiger partial charge in [-0.3, -0.25) is 0 Å². The van der Waals surface area contributed by atoms with Crippen molar-refractivity contribution in [2.45, 2.75) is 78.2 Å². The van der Waals surface area contributed by atoms with Gasteiger partial charge >= 0.3 is 21.7 Å². The first-order chi connectivity index (χ1) is 11.9. The standard InChI is InChI=1S/C24H35Si.3ClH.Ti/c1-6-7-8-13-22-21-12-10-9-11-20(21)16-24(22,5)25-23-18(3)14-17(2)15-19(23)4;;;;/h9-10,12,14-15,20H,6-8,11,13,16,25H2,1-5H3;3*1H;/q-1;;;;+4/p-3. The van der Waals surface area contributed by atoms with Gasteiger partial charge in [-0.15, -0.1) is 12.2 Å². The summed E-state index contributed by atoms with van der Waals surface area (Å²) in [6.45, 7) is 11.8. The van der Waals surface area contributed by atoms with Gasteiger partial charge in [0, 0.05) is 9.52 Å². The molecule has 1 aromatic carbocycles. The van der Waals surface area contributed by atoms with Gasteiger partial charge in [-0.1, -0.05) is 85.0 Å². The monoisotopic (exact) mass is 504 g/mol. The summed E-state index contributed by atoms with van der Waals surface area (Å²) in [4.78, 5) is 0. The summed E-state index contributed by atoms with van der Waals surface area (Å²) in [5.74, 6) is 2.63. The number of unbranched alkanes of at least 4 members (excludes halogenated alkanes) is 2. The van der Waals surface area contributed by atoms with Gasteiger partial charge in [-0.05, 0) is 33.1 Å². The molecule has 1 fully saturated rings. The second-order valence-electron chi connectivity index (χ2n) is 8.74. The van der Waals surface area contributed by atoms with E-state index in [1.54, 1.807) is 21.9 Å². The molecule has 5 heteroatoms. The van der Waals surface area contributed by atoms with E-state index in [1.807, 2.05) is 5.92 Å². The zero-order chi connectivity index (χ0) is 18.0. The zero-order valence-electron chi connectivity index (χ0n) is 18.5. The van der Waals surface area contributed by atoms with E-state index in [0.717, 1.165) is 5.92 Å². The Kier molecular flexibility index (Phi) is 14.9. The van der Waals surface area contributed by atoms with Crippen LogP contribution in [0.1, 0.15) is 69.1 Å². The number of hydrogen-bond acceptors (Lipinski definition) is 0. The Morgan fingerprint density at radius 2 is 1.69 bits per heavy atom. The molecule has 0 heterocycles. The number of halogens is 3. The fourth-order valence-electron chi connectivity index (χ4n) is 5.29. The molecule has 2 aliphatic rings. The first-order valence-corrected chi connectivity index (χ1v) is 11.7. The van der Waals surface area contributed by atoms with Crippen molar-refractivity contribution in [1.29, 1.82) is 0 Å². The molecule has 0 spiro atoms. The van der Waals surface area contributed by atoms with Crippen LogP contribution in [0.2, 0.25) is 5.04 Å². The van der Waals surface area contributed by atoms with Crippen molar-refractivity contribution in [3.05, 3.63) is 58.5 Å². The van der Waals surface area contributed by atoms with Crippen LogP contribution in [0, 0.1) is 32.6 Å². The number of allylic oxidation sites excluding steroid dienone is 4. The van der Waals surface area contributed by atoms with Crippen molar-refractivity contribution in [2.24, 2.45) is 5.92 Å². The molecule has 29 heavy (non-hydrogen) atoms. The third-order valence-electron chi connectivity index (χ3n) is 6.48. The Balaban J connectivity index is 0. The second kappa shape index (κ2) is 13.7. The van der Waals surface area contributed by atoms with Crippen molar-refractivity contribution in [3.63, 3.8) is 0 Å². The minimum atomic E-state index is -0.347. The second-order valence-corrected chi connectivity index (χ2v) is 11.4. The van der Waals surface area contributed by atoms with Gasteiger partial charge in [0.1, 0.15) is 0 Å². The molecule has 160 valence electrons. The fraction of sp³-hybridized carbons (Fsp3) is 0.542. The molecule has 2 atom stereocenters. The molecular formula is C24H35Cl3SiTi. The van der Waals surface area contributed by atoms with Gasteiger partial charge in [0.05, 0.1) is 0 Å². The molecule has 0 amide bonds. The quantitative estimate of drug-likeness (QED) is 0.215. The average Bonchev–Trinajstić information content (AvgIpc) is 2.83. The maximum atomic E-state index is 2.61. The number of hydrogen-bond donors (Lipinski definition) is 0. The van der Waals surface area contributed by atoms with E-state index in [0.29, 0.717) is 5.04 Å². The van der Waals surface area contributed by atoms with Crippen LogP contribution in [0.25, 0.3) is 0 Å². The minimum absolute atomic E-state index is 0. The van der Waals surface area contributed by atoms with E-state index in [9.17, 15) is 0 Å². The van der Waals surface area contributed by atoms with Crippen LogP contribution in [0.15, 0.2) is 35.9 Å². The summed E-state index contributed by atoms with van der Waals surface area (Å²) in [7, 11) is -0.347. The largest absolute Gasteiger partial charge is 4.00 e. The predicted molar refractivity (Wildman–Crippen MR) is 115 cm³/mol. The average molecular weight is 506 g/mol. The summed E-state index contributed by atoms with van der Waals surface area (Å²) < 4.78 is 0. The first kappa shape index (κ1) is 31.6. The van der Waals surface area contributed by atoms with Crippen LogP contribution in [-0.4, -0.2) is 9.52 Å². The molecule has 0 saturated heterocycles. The third-order valence-corrected chi connectivity index (χ3v) is 9.45. The topological polar surface area (TPSA) is 0 Å². The van der Waals surface area contributed by atoms with Gasteiger partial charge in [-0.25, -0.2) is 17.6 Å². The summed E-state index contributed by atoms with van der Waals surface area (Å²) >= 11 is 0. The molecule has 3 rings (SSSR count). The Bertz CT molecular complexity index is 678. The molecule has 1 saturated carbocycles. The molecule has 0 aliphatic heterocycles. The summed E-state index contributed by atoms with van der Waals surface area (Å²) in [6, 6.07) is 4.80. The smallest absolute Gasteiger partial charge is 1.00 e. The normalized spacial score (nSPS) is 22.2. The van der Waals surface area contributed by atoms with Gasteiger partial charge in [0.15, 0.2) is 0 Å². The van der Waals surface area contributed by atoms with Gasteiger partial charge in [0.25, 0.3) is 0 Å². The van der Waals surface area contributed by atoms with Crippen molar-refractivity contribution < 1.29 is 58.9 Å². The Labute approximate surface area is 215 Å². The van der Waals surface area contributed by atoms with E-state index >= 15 is 0 Å². The Hall–Kier alpha value is 0.371. The number of benzene rings is 1. The third kappa shape index (κ3) is 7.19. The summed E-state index contributed by atoms with van der Waals surface area (Å²) in [5, 5.41) is 2.20. The number of aryl methyl sites for hydroxylation is 3. The van der Waals surface area contributed by atoms with E-state index < -0.39 is 0 Å². The van der Waals surface area contributed by atoms with Gasteiger partial charge in [-0.2, -0.15) is 0 Å². The Morgan fingerprint density at radius 1 is 1.07 bits per heavy atom. The Morgan fingerprint density at radius 3 is 2.28 bits per heavy atom. The molecule has 0 aromatic heterocycles. The van der Waals surface area contributed by atoms with E-state index in [-0.39, 0.29) is 68.5 Å². The molecule has 0 nitrogen and oxygen atoms in total. The van der Waals surface area contributed by atoms with Gasteiger partial charge in [0.2, 0.25) is 0 Å². The van der Waals surface area contributed by atoms with E-state index in [1.165, 1.54) is 44.1 Å². The van der Waals surface area contributed by atoms with Crippen molar-refractivity contribution in [3.8, 4) is 0 Å². The van der Waals surface area contributed by atoms with Gasteiger partial charge < -0.3 is 37.2 Å². The molecule has 2 aliphatic carbocycles. The van der Waals surface area contributed by atoms with Crippen LogP contribution in [0.4, 0.5) is 0 Å². The minimum Gasteiger partial charge on any atom is -1.00 e. The molecule has 1 aromatic rings. The SMILES string of the molecule is CCCCC[C-]1C2=CC=CCC2CC1(C)[SiH2]c1c(C)cc(C)cc1C.[Cl-].[Cl-].[Cl-].[Ti+4]. The summed E-state index contributed by atoms with van der Waals surface area (Å²) in [6.07, 6.45) is 15.2. The molecule has 0 radical (unpaired) electrons. The molecule has 2 unspecified atom stereocenters. The van der Waals surface area contributed by atoms with Crippen molar-refractivity contribution in [2.75, 3.05) is 0 Å². The van der Waals surface area contributed by atoms with Crippen LogP contribution in [-0.2, 0) is 21.7 Å². The zero-order valence-corrected chi connectivity index (χ0v) is 23.8. The van der Waals surface area contributed by atoms with Crippen LogP contribution in [0.3, 0.4) is 0 Å². The number of rotatable bonds is 6. The maximum absolute atomic E-state index is 2.61. The number of fused-ring (bicyclic) bond motifs is 1. The fourth-order valence-corrected chi connectivity index (χ4v) is 7.92. The molecular weight excluding hydrogens is 471 g/mol. The van der Waals surface area contributed by atoms with Crippen LogP contribution >= 0.6 is 0 Å². The van der Waals surface area contributed by atoms with E-state index in [2.05, 4.69) is 65.0 Å². The first-order valence-electron chi connectivity index (χ1n) is 10.2. The molecule has 0 N–H and O–H groups in total. The van der Waals surface area contributed by atoms with Crippen molar-refractivity contribution >= 4 is 14.7 Å². The van der Waals surface area contributed by atoms with Crippen LogP contribution < -0.4 is 42.4 Å². The summed E-state index contributed by atoms with van der Waals surface area (Å²) in [5.41, 5.74) is 6.22. The maximum Gasteiger partial charge on any atom is 4.00 e. The van der Waals surface area contributed by atoms with E-state index in [4.69, 9.17) is 0 Å². The molecule has 0 bridgehead atoms.